The lowest BCUT2D eigenvalue weighted by atomic mass is 10.1. The van der Waals surface area contributed by atoms with Crippen molar-refractivity contribution in [1.82, 2.24) is 4.90 Å². The summed E-state index contributed by atoms with van der Waals surface area (Å²) >= 11 is 0. The first kappa shape index (κ1) is 20.3. The van der Waals surface area contributed by atoms with Gasteiger partial charge < -0.3 is 15.8 Å². The van der Waals surface area contributed by atoms with Gasteiger partial charge in [-0.05, 0) is 18.1 Å². The third kappa shape index (κ3) is 6.36. The summed E-state index contributed by atoms with van der Waals surface area (Å²) in [6.45, 7) is 1.91. The van der Waals surface area contributed by atoms with Crippen LogP contribution in [0.1, 0.15) is 5.56 Å². The molecule has 0 radical (unpaired) electrons. The van der Waals surface area contributed by atoms with Gasteiger partial charge in [0.1, 0.15) is 5.75 Å². The van der Waals surface area contributed by atoms with Gasteiger partial charge in [0.15, 0.2) is 0 Å². The van der Waals surface area contributed by atoms with E-state index in [1.165, 1.54) is 30.9 Å². The van der Waals surface area contributed by atoms with Crippen LogP contribution in [0.15, 0.2) is 48.5 Å². The molecule has 2 aromatic carbocycles. The van der Waals surface area contributed by atoms with Crippen LogP contribution in [0.25, 0.3) is 0 Å². The lowest BCUT2D eigenvalue weighted by Gasteiger charge is -2.21. The molecule has 27 heavy (non-hydrogen) atoms. The largest absolute Gasteiger partial charge is 0.494 e. The number of benzene rings is 2. The first-order chi connectivity index (χ1) is 13.0. The normalized spacial score (nSPS) is 10.6. The molecule has 0 bridgehead atoms. The number of carbonyl (C=O) groups is 1. The lowest BCUT2D eigenvalue weighted by Crippen LogP contribution is -2.38. The molecule has 0 atom stereocenters. The first-order valence-corrected chi connectivity index (χ1v) is 8.62. The SMILES string of the molecule is COc1cc([N+](=O)[O-])ccc1NC(=O)CN(CCN)CCc1ccccc1. The average molecular weight is 372 g/mol. The predicted octanol–water partition coefficient (Wildman–Crippen LogP) is 2.05. The fraction of sp³-hybridized carbons (Fsp3) is 0.316. The van der Waals surface area contributed by atoms with Crippen LogP contribution in [-0.2, 0) is 11.2 Å². The van der Waals surface area contributed by atoms with Crippen molar-refractivity contribution in [3.05, 3.63) is 64.2 Å². The Kier molecular flexibility index (Phi) is 7.72. The number of nitro groups is 1. The molecule has 2 aromatic rings. The fourth-order valence-corrected chi connectivity index (χ4v) is 2.67. The molecule has 0 aliphatic heterocycles. The molecule has 0 aromatic heterocycles. The van der Waals surface area contributed by atoms with Crippen LogP contribution in [0.5, 0.6) is 5.75 Å². The molecule has 1 amide bonds. The minimum absolute atomic E-state index is 0.0996. The number of methoxy groups -OCH3 is 1. The number of amides is 1. The van der Waals surface area contributed by atoms with Crippen LogP contribution < -0.4 is 15.8 Å². The smallest absolute Gasteiger partial charge is 0.273 e. The number of non-ortho nitro benzene ring substituents is 1. The molecule has 0 fully saturated rings. The minimum atomic E-state index is -0.513. The molecule has 2 rings (SSSR count). The molecular formula is C19H24N4O4. The number of anilines is 1. The highest BCUT2D eigenvalue weighted by molar-refractivity contribution is 5.93. The Morgan fingerprint density at radius 2 is 1.96 bits per heavy atom. The Balaban J connectivity index is 1.97. The van der Waals surface area contributed by atoms with Crippen LogP contribution in [-0.4, -0.2) is 49.0 Å². The van der Waals surface area contributed by atoms with E-state index in [9.17, 15) is 14.9 Å². The summed E-state index contributed by atoms with van der Waals surface area (Å²) in [5.41, 5.74) is 7.14. The fourth-order valence-electron chi connectivity index (χ4n) is 2.67. The van der Waals surface area contributed by atoms with Gasteiger partial charge in [-0.15, -0.1) is 0 Å². The van der Waals surface area contributed by atoms with Crippen LogP contribution in [0, 0.1) is 10.1 Å². The van der Waals surface area contributed by atoms with E-state index in [0.717, 1.165) is 6.42 Å². The van der Waals surface area contributed by atoms with Crippen molar-refractivity contribution in [3.8, 4) is 5.75 Å². The number of nitrogens with one attached hydrogen (secondary N) is 1. The van der Waals surface area contributed by atoms with Gasteiger partial charge in [0.25, 0.3) is 5.69 Å². The maximum atomic E-state index is 12.4. The summed E-state index contributed by atoms with van der Waals surface area (Å²) in [6, 6.07) is 14.1. The van der Waals surface area contributed by atoms with Crippen molar-refractivity contribution >= 4 is 17.3 Å². The number of nitrogens with zero attached hydrogens (tertiary/aromatic N) is 2. The minimum Gasteiger partial charge on any atom is -0.494 e. The molecule has 0 aliphatic rings. The number of hydrogen-bond acceptors (Lipinski definition) is 6. The molecule has 8 nitrogen and oxygen atoms in total. The Hall–Kier alpha value is -2.97. The third-order valence-electron chi connectivity index (χ3n) is 4.04. The summed E-state index contributed by atoms with van der Waals surface area (Å²) in [7, 11) is 1.40. The topological polar surface area (TPSA) is 111 Å². The average Bonchev–Trinajstić information content (AvgIpc) is 2.67. The van der Waals surface area contributed by atoms with Gasteiger partial charge in [-0.3, -0.25) is 19.8 Å². The van der Waals surface area contributed by atoms with Gasteiger partial charge >= 0.3 is 0 Å². The number of nitrogens with two attached hydrogens (primary N) is 1. The number of carbonyl (C=O) groups excluding carboxylic acids is 1. The lowest BCUT2D eigenvalue weighted by molar-refractivity contribution is -0.384. The van der Waals surface area contributed by atoms with E-state index >= 15 is 0 Å². The van der Waals surface area contributed by atoms with Crippen molar-refractivity contribution in [2.75, 3.05) is 38.6 Å². The van der Waals surface area contributed by atoms with Gasteiger partial charge in [-0.2, -0.15) is 0 Å². The van der Waals surface area contributed by atoms with Crippen molar-refractivity contribution in [3.63, 3.8) is 0 Å². The number of ether oxygens (including phenoxy) is 1. The molecule has 0 heterocycles. The zero-order valence-electron chi connectivity index (χ0n) is 15.3. The van der Waals surface area contributed by atoms with Crippen LogP contribution >= 0.6 is 0 Å². The van der Waals surface area contributed by atoms with Crippen LogP contribution in [0.3, 0.4) is 0 Å². The third-order valence-corrected chi connectivity index (χ3v) is 4.04. The highest BCUT2D eigenvalue weighted by Gasteiger charge is 2.15. The number of nitro benzene ring substituents is 1. The summed E-state index contributed by atoms with van der Waals surface area (Å²) in [6.07, 6.45) is 0.814. The van der Waals surface area contributed by atoms with E-state index in [-0.39, 0.29) is 23.9 Å². The highest BCUT2D eigenvalue weighted by Crippen LogP contribution is 2.28. The molecule has 0 spiro atoms. The Morgan fingerprint density at radius 1 is 1.22 bits per heavy atom. The number of rotatable bonds is 10. The van der Waals surface area contributed by atoms with E-state index < -0.39 is 4.92 Å². The molecule has 3 N–H and O–H groups in total. The molecule has 0 aliphatic carbocycles. The maximum absolute atomic E-state index is 12.4. The van der Waals surface area contributed by atoms with Crippen molar-refractivity contribution in [1.29, 1.82) is 0 Å². The second kappa shape index (κ2) is 10.2. The molecule has 0 saturated heterocycles. The zero-order valence-corrected chi connectivity index (χ0v) is 15.3. The Morgan fingerprint density at radius 3 is 2.59 bits per heavy atom. The van der Waals surface area contributed by atoms with Gasteiger partial charge in [-0.1, -0.05) is 30.3 Å². The van der Waals surface area contributed by atoms with Gasteiger partial charge in [0, 0.05) is 25.7 Å². The van der Waals surface area contributed by atoms with Crippen LogP contribution in [0.4, 0.5) is 11.4 Å². The zero-order chi connectivity index (χ0) is 19.6. The number of hydrogen-bond donors (Lipinski definition) is 2. The van der Waals surface area contributed by atoms with Crippen molar-refractivity contribution in [2.45, 2.75) is 6.42 Å². The maximum Gasteiger partial charge on any atom is 0.273 e. The second-order valence-electron chi connectivity index (χ2n) is 5.99. The summed E-state index contributed by atoms with van der Waals surface area (Å²) in [5.74, 6) is 0.0101. The van der Waals surface area contributed by atoms with E-state index in [1.54, 1.807) is 0 Å². The van der Waals surface area contributed by atoms with Crippen molar-refractivity contribution < 1.29 is 14.5 Å². The molecule has 0 unspecified atom stereocenters. The summed E-state index contributed by atoms with van der Waals surface area (Å²) in [4.78, 5) is 24.7. The predicted molar refractivity (Wildman–Crippen MR) is 104 cm³/mol. The molecule has 0 saturated carbocycles. The Labute approximate surface area is 158 Å². The summed E-state index contributed by atoms with van der Waals surface area (Å²) < 4.78 is 5.14. The second-order valence-corrected chi connectivity index (χ2v) is 5.99. The van der Waals surface area contributed by atoms with Gasteiger partial charge in [0.05, 0.1) is 30.3 Å². The van der Waals surface area contributed by atoms with Gasteiger partial charge in [-0.25, -0.2) is 0 Å². The van der Waals surface area contributed by atoms with Gasteiger partial charge in [0.2, 0.25) is 5.91 Å². The molecule has 8 heteroatoms. The highest BCUT2D eigenvalue weighted by atomic mass is 16.6. The van der Waals surface area contributed by atoms with Crippen molar-refractivity contribution in [2.24, 2.45) is 5.73 Å². The molecule has 144 valence electrons. The van der Waals surface area contributed by atoms with E-state index in [1.807, 2.05) is 35.2 Å². The Bertz CT molecular complexity index is 768. The monoisotopic (exact) mass is 372 g/mol. The summed E-state index contributed by atoms with van der Waals surface area (Å²) in [5, 5.41) is 13.6. The first-order valence-electron chi connectivity index (χ1n) is 8.62. The molecular weight excluding hydrogens is 348 g/mol. The van der Waals surface area contributed by atoms with E-state index in [0.29, 0.717) is 25.3 Å². The van der Waals surface area contributed by atoms with Crippen LogP contribution in [0.2, 0.25) is 0 Å². The quantitative estimate of drug-likeness (QED) is 0.488. The van der Waals surface area contributed by atoms with E-state index in [4.69, 9.17) is 10.5 Å². The van der Waals surface area contributed by atoms with E-state index in [2.05, 4.69) is 5.32 Å². The standard InChI is InChI=1S/C19H24N4O4/c1-27-18-13-16(23(25)26)7-8-17(18)21-19(24)14-22(12-10-20)11-9-15-5-3-2-4-6-15/h2-8,13H,9-12,14,20H2,1H3,(H,21,24).